The number of nitrogens with zero attached hydrogens (tertiary/aromatic N) is 1. The van der Waals surface area contributed by atoms with E-state index in [0.29, 0.717) is 12.0 Å². The monoisotopic (exact) mass is 286 g/mol. The van der Waals surface area contributed by atoms with Crippen LogP contribution in [0.25, 0.3) is 10.9 Å². The van der Waals surface area contributed by atoms with Gasteiger partial charge in [-0.05, 0) is 18.9 Å². The number of hydrogen-bond donors (Lipinski definition) is 2. The molecule has 0 aliphatic heterocycles. The SMILES string of the molecule is Cn1cc(C(=O)NC2CCCC2C(=O)O)c2ccccc21. The van der Waals surface area contributed by atoms with Crippen molar-refractivity contribution in [3.8, 4) is 0 Å². The minimum absolute atomic E-state index is 0.190. The number of carbonyl (C=O) groups excluding carboxylic acids is 1. The molecule has 1 saturated carbocycles. The highest BCUT2D eigenvalue weighted by atomic mass is 16.4. The van der Waals surface area contributed by atoms with Crippen molar-refractivity contribution in [2.75, 3.05) is 0 Å². The van der Waals surface area contributed by atoms with Gasteiger partial charge in [-0.25, -0.2) is 0 Å². The topological polar surface area (TPSA) is 71.3 Å². The summed E-state index contributed by atoms with van der Waals surface area (Å²) in [7, 11) is 1.90. The summed E-state index contributed by atoms with van der Waals surface area (Å²) in [5, 5.41) is 13.0. The maximum Gasteiger partial charge on any atom is 0.308 e. The number of aromatic nitrogens is 1. The van der Waals surface area contributed by atoms with Gasteiger partial charge in [0.1, 0.15) is 0 Å². The lowest BCUT2D eigenvalue weighted by atomic mass is 10.0. The van der Waals surface area contributed by atoms with Gasteiger partial charge in [0, 0.05) is 30.2 Å². The van der Waals surface area contributed by atoms with Gasteiger partial charge in [-0.15, -0.1) is 0 Å². The number of nitrogens with one attached hydrogen (secondary N) is 1. The van der Waals surface area contributed by atoms with Crippen LogP contribution in [0.4, 0.5) is 0 Å². The summed E-state index contributed by atoms with van der Waals surface area (Å²) in [6.07, 6.45) is 4.01. The molecule has 2 unspecified atom stereocenters. The zero-order valence-corrected chi connectivity index (χ0v) is 11.9. The van der Waals surface area contributed by atoms with Gasteiger partial charge in [-0.2, -0.15) is 0 Å². The lowest BCUT2D eigenvalue weighted by molar-refractivity contribution is -0.142. The standard InChI is InChI=1S/C16H18N2O3/c1-18-9-12(10-5-2-3-8-14(10)18)15(19)17-13-7-4-6-11(13)16(20)21/h2-3,5,8-9,11,13H,4,6-7H2,1H3,(H,17,19)(H,20,21). The van der Waals surface area contributed by atoms with Gasteiger partial charge in [0.25, 0.3) is 5.91 Å². The summed E-state index contributed by atoms with van der Waals surface area (Å²) in [4.78, 5) is 23.7. The van der Waals surface area contributed by atoms with Crippen LogP contribution < -0.4 is 5.32 Å². The molecule has 1 amide bonds. The molecular weight excluding hydrogens is 268 g/mol. The second kappa shape index (κ2) is 5.24. The highest BCUT2D eigenvalue weighted by Crippen LogP contribution is 2.27. The van der Waals surface area contributed by atoms with Crippen LogP contribution in [-0.2, 0) is 11.8 Å². The number of para-hydroxylation sites is 1. The van der Waals surface area contributed by atoms with Crippen LogP contribution in [0, 0.1) is 5.92 Å². The van der Waals surface area contributed by atoms with E-state index in [0.717, 1.165) is 23.7 Å². The minimum atomic E-state index is -0.823. The maximum absolute atomic E-state index is 12.5. The van der Waals surface area contributed by atoms with Crippen molar-refractivity contribution in [2.45, 2.75) is 25.3 Å². The molecule has 1 aromatic heterocycles. The van der Waals surface area contributed by atoms with E-state index < -0.39 is 11.9 Å². The largest absolute Gasteiger partial charge is 0.481 e. The van der Waals surface area contributed by atoms with Gasteiger partial charge in [0.2, 0.25) is 0 Å². The summed E-state index contributed by atoms with van der Waals surface area (Å²) in [6.45, 7) is 0. The predicted octanol–water partition coefficient (Wildman–Crippen LogP) is 2.16. The van der Waals surface area contributed by atoms with Crippen LogP contribution >= 0.6 is 0 Å². The minimum Gasteiger partial charge on any atom is -0.481 e. The van der Waals surface area contributed by atoms with Gasteiger partial charge in [0.05, 0.1) is 11.5 Å². The Morgan fingerprint density at radius 2 is 2.05 bits per heavy atom. The van der Waals surface area contributed by atoms with E-state index >= 15 is 0 Å². The van der Waals surface area contributed by atoms with Crippen molar-refractivity contribution in [3.05, 3.63) is 36.0 Å². The van der Waals surface area contributed by atoms with E-state index in [1.807, 2.05) is 35.9 Å². The van der Waals surface area contributed by atoms with Gasteiger partial charge in [-0.3, -0.25) is 9.59 Å². The molecule has 2 atom stereocenters. The van der Waals surface area contributed by atoms with Crippen LogP contribution in [0.3, 0.4) is 0 Å². The summed E-state index contributed by atoms with van der Waals surface area (Å²) in [6, 6.07) is 7.43. The highest BCUT2D eigenvalue weighted by Gasteiger charge is 2.34. The van der Waals surface area contributed by atoms with Gasteiger partial charge in [-0.1, -0.05) is 24.6 Å². The first-order valence-electron chi connectivity index (χ1n) is 7.15. The molecule has 2 N–H and O–H groups in total. The van der Waals surface area contributed by atoms with Gasteiger partial charge >= 0.3 is 5.97 Å². The Balaban J connectivity index is 1.86. The van der Waals surface area contributed by atoms with Crippen molar-refractivity contribution >= 4 is 22.8 Å². The number of carboxylic acids is 1. The van der Waals surface area contributed by atoms with E-state index in [-0.39, 0.29) is 11.9 Å². The summed E-state index contributed by atoms with van der Waals surface area (Å²) in [5.41, 5.74) is 1.59. The fourth-order valence-corrected chi connectivity index (χ4v) is 3.20. The van der Waals surface area contributed by atoms with Crippen LogP contribution in [0.5, 0.6) is 0 Å². The van der Waals surface area contributed by atoms with Crippen LogP contribution in [0.2, 0.25) is 0 Å². The lowest BCUT2D eigenvalue weighted by Crippen LogP contribution is -2.40. The third kappa shape index (κ3) is 2.39. The van der Waals surface area contributed by atoms with E-state index in [9.17, 15) is 14.7 Å². The molecule has 0 bridgehead atoms. The molecule has 110 valence electrons. The summed E-state index contributed by atoms with van der Waals surface area (Å²) in [5.74, 6) is -1.48. The fourth-order valence-electron chi connectivity index (χ4n) is 3.20. The van der Waals surface area contributed by atoms with Crippen molar-refractivity contribution in [2.24, 2.45) is 13.0 Å². The Hall–Kier alpha value is -2.30. The van der Waals surface area contributed by atoms with Crippen LogP contribution in [0.1, 0.15) is 29.6 Å². The highest BCUT2D eigenvalue weighted by molar-refractivity contribution is 6.07. The number of carboxylic acid groups (broad SMARTS) is 1. The second-order valence-electron chi connectivity index (χ2n) is 5.63. The molecular formula is C16H18N2O3. The van der Waals surface area contributed by atoms with Crippen LogP contribution in [-0.4, -0.2) is 27.6 Å². The smallest absolute Gasteiger partial charge is 0.308 e. The zero-order chi connectivity index (χ0) is 15.0. The van der Waals surface area contributed by atoms with Gasteiger partial charge < -0.3 is 15.0 Å². The number of amides is 1. The quantitative estimate of drug-likeness (QED) is 0.908. The third-order valence-corrected chi connectivity index (χ3v) is 4.29. The number of aliphatic carboxylic acids is 1. The van der Waals surface area contributed by atoms with Crippen molar-refractivity contribution in [1.82, 2.24) is 9.88 Å². The van der Waals surface area contributed by atoms with E-state index in [1.165, 1.54) is 0 Å². The van der Waals surface area contributed by atoms with E-state index in [2.05, 4.69) is 5.32 Å². The fraction of sp³-hybridized carbons (Fsp3) is 0.375. The normalized spacial score (nSPS) is 21.6. The molecule has 1 aromatic carbocycles. The Kier molecular flexibility index (Phi) is 3.41. The third-order valence-electron chi connectivity index (χ3n) is 4.29. The Bertz CT molecular complexity index is 705. The maximum atomic E-state index is 12.5. The van der Waals surface area contributed by atoms with Gasteiger partial charge in [0.15, 0.2) is 0 Å². The number of fused-ring (bicyclic) bond motifs is 1. The second-order valence-corrected chi connectivity index (χ2v) is 5.63. The number of rotatable bonds is 3. The average molecular weight is 286 g/mol. The Morgan fingerprint density at radius 1 is 1.29 bits per heavy atom. The molecule has 3 rings (SSSR count). The van der Waals surface area contributed by atoms with E-state index in [1.54, 1.807) is 6.20 Å². The number of aryl methyl sites for hydroxylation is 1. The van der Waals surface area contributed by atoms with E-state index in [4.69, 9.17) is 0 Å². The molecule has 1 heterocycles. The van der Waals surface area contributed by atoms with Crippen molar-refractivity contribution in [1.29, 1.82) is 0 Å². The van der Waals surface area contributed by atoms with Crippen molar-refractivity contribution in [3.63, 3.8) is 0 Å². The molecule has 0 spiro atoms. The first kappa shape index (κ1) is 13.7. The molecule has 1 aliphatic carbocycles. The lowest BCUT2D eigenvalue weighted by Gasteiger charge is -2.17. The first-order chi connectivity index (χ1) is 10.1. The zero-order valence-electron chi connectivity index (χ0n) is 11.9. The predicted molar refractivity (Wildman–Crippen MR) is 79.2 cm³/mol. The van der Waals surface area contributed by atoms with Crippen LogP contribution in [0.15, 0.2) is 30.5 Å². The number of benzene rings is 1. The summed E-state index contributed by atoms with van der Waals surface area (Å²) >= 11 is 0. The Morgan fingerprint density at radius 3 is 2.81 bits per heavy atom. The molecule has 0 radical (unpaired) electrons. The molecule has 5 heteroatoms. The Labute approximate surface area is 122 Å². The molecule has 1 aliphatic rings. The molecule has 5 nitrogen and oxygen atoms in total. The molecule has 0 saturated heterocycles. The molecule has 21 heavy (non-hydrogen) atoms. The number of hydrogen-bond acceptors (Lipinski definition) is 2. The van der Waals surface area contributed by atoms with Crippen molar-refractivity contribution < 1.29 is 14.7 Å². The molecule has 1 fully saturated rings. The summed E-state index contributed by atoms with van der Waals surface area (Å²) < 4.78 is 1.91. The molecule has 2 aromatic rings. The first-order valence-corrected chi connectivity index (χ1v) is 7.15. The number of carbonyl (C=O) groups is 2. The average Bonchev–Trinajstić information content (AvgIpc) is 3.04.